The minimum absolute atomic E-state index is 0.0251. The fourth-order valence-corrected chi connectivity index (χ4v) is 1.74. The Hall–Kier alpha value is -0.680. The zero-order valence-electron chi connectivity index (χ0n) is 6.46. The van der Waals surface area contributed by atoms with Gasteiger partial charge in [-0.25, -0.2) is 4.21 Å². The first-order chi connectivity index (χ1) is 5.42. The highest BCUT2D eigenvalue weighted by Crippen LogP contribution is 2.29. The van der Waals surface area contributed by atoms with Gasteiger partial charge in [-0.05, 0) is 13.8 Å². The van der Waals surface area contributed by atoms with Crippen molar-refractivity contribution in [1.29, 1.82) is 0 Å². The third-order valence-corrected chi connectivity index (χ3v) is 2.90. The SMILES string of the molecule is CC1(C)C(=O)N(Cl)C(=O)C1=S=O. The van der Waals surface area contributed by atoms with E-state index in [0.717, 1.165) is 0 Å². The second-order valence-corrected chi connectivity index (χ2v) is 3.84. The number of hydrogen-bond acceptors (Lipinski definition) is 3. The number of imide groups is 1. The minimum Gasteiger partial charge on any atom is -0.272 e. The highest BCUT2D eigenvalue weighted by Gasteiger charge is 2.50. The van der Waals surface area contributed by atoms with Crippen LogP contribution in [0, 0.1) is 5.41 Å². The second-order valence-electron chi connectivity index (χ2n) is 2.93. The maximum absolute atomic E-state index is 11.2. The van der Waals surface area contributed by atoms with Gasteiger partial charge in [0.2, 0.25) is 0 Å². The maximum atomic E-state index is 11.2. The van der Waals surface area contributed by atoms with Gasteiger partial charge in [-0.2, -0.15) is 4.42 Å². The van der Waals surface area contributed by atoms with E-state index in [1.807, 2.05) is 0 Å². The quantitative estimate of drug-likeness (QED) is 0.317. The highest BCUT2D eigenvalue weighted by molar-refractivity contribution is 7.69. The van der Waals surface area contributed by atoms with Crippen LogP contribution in [0.15, 0.2) is 0 Å². The monoisotopic (exact) mass is 207 g/mol. The molecule has 1 heterocycles. The Morgan fingerprint density at radius 2 is 1.92 bits per heavy atom. The molecule has 1 aliphatic rings. The lowest BCUT2D eigenvalue weighted by molar-refractivity contribution is -0.134. The molecule has 0 aromatic carbocycles. The van der Waals surface area contributed by atoms with E-state index < -0.39 is 17.2 Å². The van der Waals surface area contributed by atoms with Crippen LogP contribution in [-0.2, 0) is 20.8 Å². The topological polar surface area (TPSA) is 54.5 Å². The van der Waals surface area contributed by atoms with Gasteiger partial charge in [-0.3, -0.25) is 9.59 Å². The van der Waals surface area contributed by atoms with Gasteiger partial charge in [0.25, 0.3) is 11.8 Å². The van der Waals surface area contributed by atoms with Crippen molar-refractivity contribution in [3.63, 3.8) is 0 Å². The van der Waals surface area contributed by atoms with Crippen molar-refractivity contribution in [3.8, 4) is 0 Å². The van der Waals surface area contributed by atoms with Gasteiger partial charge in [0.05, 0.1) is 16.7 Å². The lowest BCUT2D eigenvalue weighted by atomic mass is 9.92. The standard InChI is InChI=1S/C6H6ClNO3S/c1-6(2)3(12-11)4(9)8(7)5(6)10/h1-2H3. The molecule has 0 bridgehead atoms. The Balaban J connectivity index is 3.33. The lowest BCUT2D eigenvalue weighted by Crippen LogP contribution is -2.27. The van der Waals surface area contributed by atoms with Crippen molar-refractivity contribution in [1.82, 2.24) is 4.42 Å². The van der Waals surface area contributed by atoms with E-state index >= 15 is 0 Å². The van der Waals surface area contributed by atoms with Crippen molar-refractivity contribution in [2.24, 2.45) is 5.41 Å². The molecule has 1 saturated heterocycles. The van der Waals surface area contributed by atoms with Crippen LogP contribution in [0.5, 0.6) is 0 Å². The van der Waals surface area contributed by atoms with Gasteiger partial charge in [0.15, 0.2) is 0 Å². The van der Waals surface area contributed by atoms with E-state index in [1.54, 1.807) is 0 Å². The Morgan fingerprint density at radius 1 is 1.42 bits per heavy atom. The molecule has 1 fully saturated rings. The number of nitrogens with zero attached hydrogens (tertiary/aromatic N) is 1. The lowest BCUT2D eigenvalue weighted by Gasteiger charge is -2.10. The molecule has 0 aromatic heterocycles. The minimum atomic E-state index is -1.06. The first-order valence-electron chi connectivity index (χ1n) is 3.15. The van der Waals surface area contributed by atoms with Crippen molar-refractivity contribution in [3.05, 3.63) is 0 Å². The summed E-state index contributed by atoms with van der Waals surface area (Å²) in [5.74, 6) is -1.25. The van der Waals surface area contributed by atoms with Gasteiger partial charge in [-0.1, -0.05) is 0 Å². The summed E-state index contributed by atoms with van der Waals surface area (Å²) in [5.41, 5.74) is -1.06. The molecule has 0 saturated carbocycles. The largest absolute Gasteiger partial charge is 0.285 e. The first kappa shape index (κ1) is 9.41. The van der Waals surface area contributed by atoms with E-state index in [0.29, 0.717) is 4.42 Å². The van der Waals surface area contributed by atoms with Crippen molar-refractivity contribution in [2.45, 2.75) is 13.8 Å². The summed E-state index contributed by atoms with van der Waals surface area (Å²) in [6.07, 6.45) is 0. The Bertz CT molecular complexity index is 319. The van der Waals surface area contributed by atoms with Gasteiger partial charge < -0.3 is 0 Å². The van der Waals surface area contributed by atoms with Crippen LogP contribution in [0.25, 0.3) is 0 Å². The number of hydrogen-bond donors (Lipinski definition) is 0. The molecule has 0 radical (unpaired) electrons. The molecule has 1 aliphatic heterocycles. The van der Waals surface area contributed by atoms with E-state index in [1.165, 1.54) is 13.8 Å². The average Bonchev–Trinajstić information content (AvgIpc) is 2.13. The fraction of sp³-hybridized carbons (Fsp3) is 0.500. The van der Waals surface area contributed by atoms with E-state index in [2.05, 4.69) is 0 Å². The Kier molecular flexibility index (Phi) is 2.09. The molecule has 0 unspecified atom stereocenters. The van der Waals surface area contributed by atoms with E-state index in [9.17, 15) is 13.8 Å². The van der Waals surface area contributed by atoms with E-state index in [4.69, 9.17) is 11.8 Å². The molecule has 2 amide bonds. The van der Waals surface area contributed by atoms with Crippen molar-refractivity contribution < 1.29 is 13.8 Å². The predicted octanol–water partition coefficient (Wildman–Crippen LogP) is -0.0794. The average molecular weight is 208 g/mol. The van der Waals surface area contributed by atoms with Gasteiger partial charge >= 0.3 is 0 Å². The zero-order valence-corrected chi connectivity index (χ0v) is 8.03. The van der Waals surface area contributed by atoms with Crippen molar-refractivity contribution in [2.75, 3.05) is 0 Å². The maximum Gasteiger partial charge on any atom is 0.285 e. The van der Waals surface area contributed by atoms with Gasteiger partial charge in [-0.15, -0.1) is 0 Å². The molecule has 66 valence electrons. The summed E-state index contributed by atoms with van der Waals surface area (Å²) < 4.78 is 10.9. The predicted molar refractivity (Wildman–Crippen MR) is 44.6 cm³/mol. The van der Waals surface area contributed by atoms with Gasteiger partial charge in [0, 0.05) is 11.8 Å². The number of carbonyl (C=O) groups is 2. The molecule has 0 spiro atoms. The number of amides is 2. The summed E-state index contributed by atoms with van der Waals surface area (Å²) in [5, 5.41) is 0. The Labute approximate surface area is 77.7 Å². The smallest absolute Gasteiger partial charge is 0.272 e. The van der Waals surface area contributed by atoms with Crippen LogP contribution in [0.1, 0.15) is 13.8 Å². The van der Waals surface area contributed by atoms with Crippen LogP contribution in [0.4, 0.5) is 0 Å². The highest BCUT2D eigenvalue weighted by atomic mass is 35.5. The number of carbonyl (C=O) groups excluding carboxylic acids is 2. The third kappa shape index (κ3) is 1.01. The third-order valence-electron chi connectivity index (χ3n) is 1.74. The van der Waals surface area contributed by atoms with Crippen LogP contribution in [0.2, 0.25) is 0 Å². The van der Waals surface area contributed by atoms with Gasteiger partial charge in [0.1, 0.15) is 4.86 Å². The molecule has 4 nitrogen and oxygen atoms in total. The molecule has 0 aromatic rings. The normalized spacial score (nSPS) is 21.9. The summed E-state index contributed by atoms with van der Waals surface area (Å²) >= 11 is 5.36. The van der Waals surface area contributed by atoms with E-state index in [-0.39, 0.29) is 16.1 Å². The summed E-state index contributed by atoms with van der Waals surface area (Å²) in [6.45, 7) is 2.99. The zero-order chi connectivity index (χ0) is 9.52. The van der Waals surface area contributed by atoms with Crippen molar-refractivity contribution >= 4 is 39.7 Å². The van der Waals surface area contributed by atoms with Crippen LogP contribution >= 0.6 is 11.8 Å². The Morgan fingerprint density at radius 3 is 2.08 bits per heavy atom. The van der Waals surface area contributed by atoms with Crippen LogP contribution in [0.3, 0.4) is 0 Å². The molecular weight excluding hydrogens is 202 g/mol. The van der Waals surface area contributed by atoms with Crippen LogP contribution in [-0.4, -0.2) is 25.3 Å². The number of rotatable bonds is 0. The molecule has 1 rings (SSSR count). The molecule has 6 heteroatoms. The molecule has 0 N–H and O–H groups in total. The molecule has 0 atom stereocenters. The molecular formula is C6H6ClNO3S. The summed E-state index contributed by atoms with van der Waals surface area (Å²) in [6, 6.07) is 0. The second kappa shape index (κ2) is 2.67. The molecule has 12 heavy (non-hydrogen) atoms. The van der Waals surface area contributed by atoms with Crippen LogP contribution < -0.4 is 0 Å². The summed E-state index contributed by atoms with van der Waals surface area (Å²) in [7, 11) is 0. The summed E-state index contributed by atoms with van der Waals surface area (Å²) in [4.78, 5) is 22.2. The first-order valence-corrected chi connectivity index (χ1v) is 4.22. The number of halogens is 1. The fourth-order valence-electron chi connectivity index (χ4n) is 0.931. The molecule has 0 aliphatic carbocycles.